The second-order valence-electron chi connectivity index (χ2n) is 4.33. The monoisotopic (exact) mass is 212 g/mol. The molecule has 0 aromatic rings. The molecule has 2 fully saturated rings. The third-order valence-corrected chi connectivity index (χ3v) is 3.41. The summed E-state index contributed by atoms with van der Waals surface area (Å²) in [6.07, 6.45) is 3.29. The van der Waals surface area contributed by atoms with Crippen molar-refractivity contribution in [3.63, 3.8) is 0 Å². The van der Waals surface area contributed by atoms with Crippen molar-refractivity contribution >= 4 is 5.91 Å². The van der Waals surface area contributed by atoms with Crippen LogP contribution in [0.15, 0.2) is 0 Å². The van der Waals surface area contributed by atoms with Gasteiger partial charge in [0.2, 0.25) is 5.91 Å². The fourth-order valence-electron chi connectivity index (χ4n) is 2.37. The van der Waals surface area contributed by atoms with Crippen molar-refractivity contribution in [2.45, 2.75) is 51.3 Å². The first-order chi connectivity index (χ1) is 7.26. The maximum absolute atomic E-state index is 11.9. The Morgan fingerprint density at radius 1 is 1.47 bits per heavy atom. The van der Waals surface area contributed by atoms with Crippen LogP contribution >= 0.6 is 0 Å². The van der Waals surface area contributed by atoms with E-state index in [-0.39, 0.29) is 11.9 Å². The van der Waals surface area contributed by atoms with Gasteiger partial charge in [-0.15, -0.1) is 0 Å². The first-order valence-corrected chi connectivity index (χ1v) is 5.91. The zero-order valence-electron chi connectivity index (χ0n) is 9.53. The van der Waals surface area contributed by atoms with Gasteiger partial charge in [0.05, 0.1) is 18.8 Å². The molecule has 1 unspecified atom stereocenters. The van der Waals surface area contributed by atoms with Crippen molar-refractivity contribution in [1.82, 2.24) is 10.2 Å². The van der Waals surface area contributed by atoms with Gasteiger partial charge in [-0.3, -0.25) is 10.1 Å². The number of hydrogen-bond acceptors (Lipinski definition) is 3. The van der Waals surface area contributed by atoms with Crippen molar-refractivity contribution in [3.8, 4) is 0 Å². The van der Waals surface area contributed by atoms with Crippen LogP contribution < -0.4 is 5.32 Å². The largest absolute Gasteiger partial charge is 0.378 e. The van der Waals surface area contributed by atoms with Crippen LogP contribution in [0.25, 0.3) is 0 Å². The summed E-state index contributed by atoms with van der Waals surface area (Å²) in [5, 5.41) is 3.24. The summed E-state index contributed by atoms with van der Waals surface area (Å²) in [6, 6.07) is 0.467. The molecule has 0 aromatic heterocycles. The summed E-state index contributed by atoms with van der Waals surface area (Å²) in [5.41, 5.74) is 0. The number of rotatable bonds is 4. The second kappa shape index (κ2) is 4.49. The van der Waals surface area contributed by atoms with E-state index >= 15 is 0 Å². The first kappa shape index (κ1) is 10.9. The van der Waals surface area contributed by atoms with Crippen LogP contribution in [-0.4, -0.2) is 42.3 Å². The van der Waals surface area contributed by atoms with E-state index in [1.54, 1.807) is 0 Å². The lowest BCUT2D eigenvalue weighted by Gasteiger charge is -2.40. The molecule has 1 saturated heterocycles. The Hall–Kier alpha value is -0.610. The summed E-state index contributed by atoms with van der Waals surface area (Å²) < 4.78 is 5.50. The SMILES string of the molecule is CCOC1CC(N2CNC(CC)C2=O)C1. The van der Waals surface area contributed by atoms with Gasteiger partial charge in [0, 0.05) is 12.6 Å². The predicted molar refractivity (Wildman–Crippen MR) is 57.4 cm³/mol. The van der Waals surface area contributed by atoms with Gasteiger partial charge < -0.3 is 9.64 Å². The molecule has 4 heteroatoms. The molecule has 2 rings (SSSR count). The fourth-order valence-corrected chi connectivity index (χ4v) is 2.37. The number of carbonyl (C=O) groups is 1. The highest BCUT2D eigenvalue weighted by Gasteiger charge is 2.41. The maximum Gasteiger partial charge on any atom is 0.241 e. The Bertz CT molecular complexity index is 239. The first-order valence-electron chi connectivity index (χ1n) is 5.91. The second-order valence-corrected chi connectivity index (χ2v) is 4.33. The Morgan fingerprint density at radius 2 is 2.20 bits per heavy atom. The van der Waals surface area contributed by atoms with Gasteiger partial charge in [0.1, 0.15) is 0 Å². The predicted octanol–water partition coefficient (Wildman–Crippen LogP) is 0.722. The highest BCUT2D eigenvalue weighted by molar-refractivity contribution is 5.84. The lowest BCUT2D eigenvalue weighted by molar-refractivity contribution is -0.136. The van der Waals surface area contributed by atoms with E-state index in [1.807, 2.05) is 18.7 Å². The molecule has 1 atom stereocenters. The molecule has 1 aliphatic carbocycles. The Labute approximate surface area is 91.0 Å². The molecule has 86 valence electrons. The summed E-state index contributed by atoms with van der Waals surface area (Å²) in [6.45, 7) is 5.56. The van der Waals surface area contributed by atoms with Gasteiger partial charge in [-0.05, 0) is 26.2 Å². The van der Waals surface area contributed by atoms with E-state index < -0.39 is 0 Å². The summed E-state index contributed by atoms with van der Waals surface area (Å²) in [4.78, 5) is 13.8. The van der Waals surface area contributed by atoms with E-state index in [4.69, 9.17) is 4.74 Å². The average Bonchev–Trinajstić information content (AvgIpc) is 2.53. The molecule has 0 spiro atoms. The van der Waals surface area contributed by atoms with Crippen LogP contribution in [0.1, 0.15) is 33.1 Å². The van der Waals surface area contributed by atoms with Gasteiger partial charge >= 0.3 is 0 Å². The van der Waals surface area contributed by atoms with Crippen molar-refractivity contribution in [2.24, 2.45) is 0 Å². The highest BCUT2D eigenvalue weighted by atomic mass is 16.5. The number of nitrogens with one attached hydrogen (secondary N) is 1. The minimum absolute atomic E-state index is 0.0520. The topological polar surface area (TPSA) is 41.6 Å². The molecule has 1 heterocycles. The lowest BCUT2D eigenvalue weighted by atomic mass is 9.88. The Morgan fingerprint density at radius 3 is 2.73 bits per heavy atom. The lowest BCUT2D eigenvalue weighted by Crippen LogP contribution is -2.49. The molecule has 0 aromatic carbocycles. The number of ether oxygens (including phenoxy) is 1. The van der Waals surface area contributed by atoms with Crippen LogP contribution in [0.4, 0.5) is 0 Å². The molecule has 4 nitrogen and oxygen atoms in total. The minimum Gasteiger partial charge on any atom is -0.378 e. The van der Waals surface area contributed by atoms with Crippen molar-refractivity contribution in [3.05, 3.63) is 0 Å². The van der Waals surface area contributed by atoms with E-state index in [2.05, 4.69) is 5.32 Å². The quantitative estimate of drug-likeness (QED) is 0.746. The molecule has 15 heavy (non-hydrogen) atoms. The molecule has 2 aliphatic rings. The van der Waals surface area contributed by atoms with E-state index in [9.17, 15) is 4.79 Å². The number of hydrogen-bond donors (Lipinski definition) is 1. The smallest absolute Gasteiger partial charge is 0.241 e. The molecular weight excluding hydrogens is 192 g/mol. The van der Waals surface area contributed by atoms with Crippen LogP contribution in [0.2, 0.25) is 0 Å². The summed E-state index contributed by atoms with van der Waals surface area (Å²) in [5.74, 6) is 0.275. The van der Waals surface area contributed by atoms with E-state index in [0.717, 1.165) is 32.5 Å². The maximum atomic E-state index is 11.9. The standard InChI is InChI=1S/C11H20N2O2/c1-3-10-11(14)13(7-12-10)8-5-9(6-8)15-4-2/h8-10,12H,3-7H2,1-2H3. The van der Waals surface area contributed by atoms with E-state index in [1.165, 1.54) is 0 Å². The molecule has 1 N–H and O–H groups in total. The van der Waals surface area contributed by atoms with Gasteiger partial charge in [0.25, 0.3) is 0 Å². The number of carbonyl (C=O) groups excluding carboxylic acids is 1. The normalized spacial score (nSPS) is 35.7. The van der Waals surface area contributed by atoms with Gasteiger partial charge in [-0.25, -0.2) is 0 Å². The van der Waals surface area contributed by atoms with Crippen LogP contribution in [-0.2, 0) is 9.53 Å². The molecule has 0 bridgehead atoms. The van der Waals surface area contributed by atoms with Crippen molar-refractivity contribution < 1.29 is 9.53 Å². The fraction of sp³-hybridized carbons (Fsp3) is 0.909. The van der Waals surface area contributed by atoms with Crippen LogP contribution in [0.3, 0.4) is 0 Å². The molecular formula is C11H20N2O2. The van der Waals surface area contributed by atoms with Crippen LogP contribution in [0, 0.1) is 0 Å². The van der Waals surface area contributed by atoms with Gasteiger partial charge in [0.15, 0.2) is 0 Å². The zero-order valence-corrected chi connectivity index (χ0v) is 9.53. The molecule has 1 aliphatic heterocycles. The van der Waals surface area contributed by atoms with Crippen molar-refractivity contribution in [2.75, 3.05) is 13.3 Å². The zero-order chi connectivity index (χ0) is 10.8. The summed E-state index contributed by atoms with van der Waals surface area (Å²) >= 11 is 0. The third-order valence-electron chi connectivity index (χ3n) is 3.41. The van der Waals surface area contributed by atoms with Crippen molar-refractivity contribution in [1.29, 1.82) is 0 Å². The Kier molecular flexibility index (Phi) is 3.26. The van der Waals surface area contributed by atoms with Crippen LogP contribution in [0.5, 0.6) is 0 Å². The molecule has 0 radical (unpaired) electrons. The third kappa shape index (κ3) is 2.01. The highest BCUT2D eigenvalue weighted by Crippen LogP contribution is 2.29. The number of nitrogens with zero attached hydrogens (tertiary/aromatic N) is 1. The Balaban J connectivity index is 1.80. The average molecular weight is 212 g/mol. The van der Waals surface area contributed by atoms with Gasteiger partial charge in [-0.2, -0.15) is 0 Å². The number of amides is 1. The van der Waals surface area contributed by atoms with E-state index in [0.29, 0.717) is 12.1 Å². The molecule has 1 saturated carbocycles. The summed E-state index contributed by atoms with van der Waals surface area (Å²) in [7, 11) is 0. The minimum atomic E-state index is 0.0520. The molecule has 1 amide bonds. The van der Waals surface area contributed by atoms with Gasteiger partial charge in [-0.1, -0.05) is 6.92 Å².